The van der Waals surface area contributed by atoms with Gasteiger partial charge in [0.05, 0.1) is 26.9 Å². The lowest BCUT2D eigenvalue weighted by Crippen LogP contribution is -2.23. The van der Waals surface area contributed by atoms with Crippen molar-refractivity contribution in [2.75, 3.05) is 5.75 Å². The minimum Gasteiger partial charge on any atom is -0.510 e. The minimum atomic E-state index is -0.223. The Morgan fingerprint density at radius 1 is 1.29 bits per heavy atom. The molecule has 0 unspecified atom stereocenters. The summed E-state index contributed by atoms with van der Waals surface area (Å²) in [4.78, 5) is 21.9. The highest BCUT2D eigenvalue weighted by molar-refractivity contribution is 7.99. The molecular formula is C22H15ClN4O2S2. The largest absolute Gasteiger partial charge is 0.510 e. The third kappa shape index (κ3) is 4.21. The molecule has 0 aliphatic rings. The minimum absolute atomic E-state index is 0.0501. The van der Waals surface area contributed by atoms with E-state index in [2.05, 4.69) is 16.5 Å². The maximum Gasteiger partial charge on any atom is 0.262 e. The topological polar surface area (TPSA) is 91.8 Å². The maximum absolute atomic E-state index is 12.9. The average molecular weight is 467 g/mol. The van der Waals surface area contributed by atoms with E-state index in [1.165, 1.54) is 15.9 Å². The molecule has 1 N–H and O–H groups in total. The van der Waals surface area contributed by atoms with Gasteiger partial charge in [-0.1, -0.05) is 41.6 Å². The van der Waals surface area contributed by atoms with E-state index in [0.29, 0.717) is 26.1 Å². The molecule has 0 aliphatic carbocycles. The Kier molecular flexibility index (Phi) is 6.09. The van der Waals surface area contributed by atoms with Crippen molar-refractivity contribution in [1.29, 1.82) is 5.26 Å². The average Bonchev–Trinajstić information content (AvgIpc) is 3.18. The number of halogens is 1. The number of hydrogen-bond donors (Lipinski definition) is 1. The Morgan fingerprint density at radius 2 is 2.10 bits per heavy atom. The van der Waals surface area contributed by atoms with Crippen molar-refractivity contribution in [2.45, 2.75) is 11.7 Å². The SMILES string of the molecule is C=CCn1c(SC/C(O)=C(\C#N)c2nc3ccccc3s2)nc2cc(Cl)ccc2c1=O. The summed E-state index contributed by atoms with van der Waals surface area (Å²) in [5, 5.41) is 22.0. The number of nitriles is 1. The molecule has 0 atom stereocenters. The lowest BCUT2D eigenvalue weighted by Gasteiger charge is -2.11. The molecule has 4 rings (SSSR count). The number of allylic oxidation sites excluding steroid dienone is 2. The second-order valence-corrected chi connectivity index (χ2v) is 8.88. The summed E-state index contributed by atoms with van der Waals surface area (Å²) in [5.74, 6) is -0.0776. The van der Waals surface area contributed by atoms with Crippen LogP contribution in [0.2, 0.25) is 5.02 Å². The molecule has 0 saturated heterocycles. The molecule has 2 aromatic heterocycles. The molecule has 4 aromatic rings. The highest BCUT2D eigenvalue weighted by Crippen LogP contribution is 2.30. The number of thioether (sulfide) groups is 1. The van der Waals surface area contributed by atoms with Crippen molar-refractivity contribution in [2.24, 2.45) is 0 Å². The second-order valence-electron chi connectivity index (χ2n) is 6.47. The fraction of sp³-hybridized carbons (Fsp3) is 0.0909. The molecule has 9 heteroatoms. The summed E-state index contributed by atoms with van der Waals surface area (Å²) in [5.41, 5.74) is 1.12. The zero-order chi connectivity index (χ0) is 22.0. The van der Waals surface area contributed by atoms with Crippen molar-refractivity contribution < 1.29 is 5.11 Å². The van der Waals surface area contributed by atoms with E-state index in [9.17, 15) is 15.2 Å². The van der Waals surface area contributed by atoms with Crippen LogP contribution in [0.25, 0.3) is 26.7 Å². The Balaban J connectivity index is 1.71. The summed E-state index contributed by atoms with van der Waals surface area (Å²) in [6.07, 6.45) is 1.60. The van der Waals surface area contributed by atoms with Crippen LogP contribution in [0.3, 0.4) is 0 Å². The van der Waals surface area contributed by atoms with Gasteiger partial charge in [0, 0.05) is 11.6 Å². The number of fused-ring (bicyclic) bond motifs is 2. The fourth-order valence-corrected chi connectivity index (χ4v) is 5.03. The molecule has 0 saturated carbocycles. The fourth-order valence-electron chi connectivity index (χ4n) is 2.99. The lowest BCUT2D eigenvalue weighted by atomic mass is 10.2. The Hall–Kier alpha value is -3.12. The predicted molar refractivity (Wildman–Crippen MR) is 127 cm³/mol. The molecule has 2 aromatic carbocycles. The first-order chi connectivity index (χ1) is 15.0. The van der Waals surface area contributed by atoms with E-state index < -0.39 is 0 Å². The highest BCUT2D eigenvalue weighted by Gasteiger charge is 2.16. The molecule has 0 radical (unpaired) electrons. The van der Waals surface area contributed by atoms with E-state index in [-0.39, 0.29) is 29.2 Å². The summed E-state index contributed by atoms with van der Waals surface area (Å²) in [7, 11) is 0. The zero-order valence-corrected chi connectivity index (χ0v) is 18.5. The third-order valence-corrected chi connectivity index (χ3v) is 6.72. The number of nitrogens with zero attached hydrogens (tertiary/aromatic N) is 4. The van der Waals surface area contributed by atoms with Crippen LogP contribution in [0.4, 0.5) is 0 Å². The molecule has 0 bridgehead atoms. The van der Waals surface area contributed by atoms with E-state index in [0.717, 1.165) is 22.0 Å². The monoisotopic (exact) mass is 466 g/mol. The van der Waals surface area contributed by atoms with Gasteiger partial charge >= 0.3 is 0 Å². The summed E-state index contributed by atoms with van der Waals surface area (Å²) in [6.45, 7) is 3.97. The van der Waals surface area contributed by atoms with E-state index >= 15 is 0 Å². The van der Waals surface area contributed by atoms with Crippen LogP contribution in [0, 0.1) is 11.3 Å². The third-order valence-electron chi connectivity index (χ3n) is 4.44. The zero-order valence-electron chi connectivity index (χ0n) is 16.1. The van der Waals surface area contributed by atoms with Crippen molar-refractivity contribution in [3.8, 4) is 6.07 Å². The molecule has 6 nitrogen and oxygen atoms in total. The molecule has 31 heavy (non-hydrogen) atoms. The van der Waals surface area contributed by atoms with Gasteiger partial charge in [-0.3, -0.25) is 9.36 Å². The standard InChI is InChI=1S/C22H15ClN4O2S2/c1-2-9-27-21(29)14-8-7-13(23)10-17(14)26-22(27)30-12-18(28)15(11-24)20-25-16-5-3-4-6-19(16)31-20/h2-8,10,28H,1,9,12H2/b18-15-. The van der Waals surface area contributed by atoms with E-state index in [1.807, 2.05) is 30.3 Å². The van der Waals surface area contributed by atoms with Gasteiger partial charge in [0.15, 0.2) is 5.16 Å². The number of para-hydroxylation sites is 1. The molecule has 2 heterocycles. The first-order valence-corrected chi connectivity index (χ1v) is 11.3. The van der Waals surface area contributed by atoms with Gasteiger partial charge in [-0.25, -0.2) is 9.97 Å². The van der Waals surface area contributed by atoms with E-state index in [4.69, 9.17) is 11.6 Å². The van der Waals surface area contributed by atoms with E-state index in [1.54, 1.807) is 24.3 Å². The molecule has 0 spiro atoms. The number of aromatic nitrogens is 3. The van der Waals surface area contributed by atoms with Gasteiger partial charge in [0.25, 0.3) is 5.56 Å². The summed E-state index contributed by atoms with van der Waals surface area (Å²) in [6, 6.07) is 14.5. The van der Waals surface area contributed by atoms with Crippen molar-refractivity contribution in [1.82, 2.24) is 14.5 Å². The van der Waals surface area contributed by atoms with Crippen LogP contribution in [-0.4, -0.2) is 25.4 Å². The number of hydrogen-bond acceptors (Lipinski definition) is 7. The summed E-state index contributed by atoms with van der Waals surface area (Å²) < 4.78 is 2.41. The predicted octanol–water partition coefficient (Wildman–Crippen LogP) is 5.43. The smallest absolute Gasteiger partial charge is 0.262 e. The molecule has 0 amide bonds. The quantitative estimate of drug-likeness (QED) is 0.134. The Bertz CT molecular complexity index is 1420. The molecule has 0 aliphatic heterocycles. The van der Waals surface area contributed by atoms with Gasteiger partial charge in [0.1, 0.15) is 22.4 Å². The van der Waals surface area contributed by atoms with Crippen LogP contribution in [0.15, 0.2) is 70.8 Å². The lowest BCUT2D eigenvalue weighted by molar-refractivity contribution is 0.420. The van der Waals surface area contributed by atoms with Gasteiger partial charge in [-0.15, -0.1) is 17.9 Å². The highest BCUT2D eigenvalue weighted by atomic mass is 35.5. The number of aliphatic hydroxyl groups excluding tert-OH is 1. The number of thiazole rings is 1. The number of aliphatic hydroxyl groups is 1. The molecule has 0 fully saturated rings. The first-order valence-electron chi connectivity index (χ1n) is 9.13. The van der Waals surface area contributed by atoms with Gasteiger partial charge in [0.2, 0.25) is 0 Å². The molecular weight excluding hydrogens is 452 g/mol. The Morgan fingerprint density at radius 3 is 2.84 bits per heavy atom. The van der Waals surface area contributed by atoms with Crippen LogP contribution in [0.1, 0.15) is 5.01 Å². The number of benzene rings is 2. The number of rotatable bonds is 6. The van der Waals surface area contributed by atoms with Crippen molar-refractivity contribution in [3.63, 3.8) is 0 Å². The van der Waals surface area contributed by atoms with Crippen LogP contribution in [-0.2, 0) is 6.54 Å². The maximum atomic E-state index is 12.9. The van der Waals surface area contributed by atoms with Gasteiger partial charge in [-0.2, -0.15) is 5.26 Å². The second kappa shape index (κ2) is 8.94. The van der Waals surface area contributed by atoms with Gasteiger partial charge < -0.3 is 5.11 Å². The molecule has 154 valence electrons. The summed E-state index contributed by atoms with van der Waals surface area (Å²) >= 11 is 8.54. The van der Waals surface area contributed by atoms with Crippen molar-refractivity contribution in [3.05, 3.63) is 81.3 Å². The van der Waals surface area contributed by atoms with Crippen LogP contribution < -0.4 is 5.56 Å². The van der Waals surface area contributed by atoms with Gasteiger partial charge in [-0.05, 0) is 30.3 Å². The first kappa shape index (κ1) is 21.1. The normalized spacial score (nSPS) is 12.0. The Labute approximate surface area is 190 Å². The van der Waals surface area contributed by atoms with Crippen LogP contribution >= 0.6 is 34.7 Å². The van der Waals surface area contributed by atoms with Crippen molar-refractivity contribution >= 4 is 61.4 Å². The van der Waals surface area contributed by atoms with Crippen LogP contribution in [0.5, 0.6) is 0 Å².